The van der Waals surface area contributed by atoms with Crippen LogP contribution in [-0.2, 0) is 10.0 Å². The number of halogens is 1. The number of thiophene rings is 1. The number of rotatable bonds is 8. The van der Waals surface area contributed by atoms with E-state index in [0.717, 1.165) is 24.9 Å². The van der Waals surface area contributed by atoms with Crippen LogP contribution in [0.4, 0.5) is 5.69 Å². The van der Waals surface area contributed by atoms with Gasteiger partial charge in [-0.15, -0.1) is 11.3 Å². The molecule has 3 rings (SSSR count). The lowest BCUT2D eigenvalue weighted by Gasteiger charge is -2.35. The highest BCUT2D eigenvalue weighted by Crippen LogP contribution is 2.27. The number of hydrogen-bond donors (Lipinski definition) is 1. The number of carbonyl (C=O) groups excluding carboxylic acids is 1. The zero-order valence-corrected chi connectivity index (χ0v) is 18.8. The van der Waals surface area contributed by atoms with Crippen molar-refractivity contribution in [2.75, 3.05) is 37.6 Å². The van der Waals surface area contributed by atoms with Gasteiger partial charge in [-0.05, 0) is 36.1 Å². The molecule has 158 valence electrons. The topological polar surface area (TPSA) is 69.7 Å². The zero-order chi connectivity index (χ0) is 20.9. The summed E-state index contributed by atoms with van der Waals surface area (Å²) in [5, 5.41) is 5.16. The minimum atomic E-state index is -3.71. The lowest BCUT2D eigenvalue weighted by molar-refractivity contribution is 0.0954. The second-order valence-electron chi connectivity index (χ2n) is 6.95. The first-order valence-electron chi connectivity index (χ1n) is 9.80. The quantitative estimate of drug-likeness (QED) is 0.614. The number of anilines is 1. The summed E-state index contributed by atoms with van der Waals surface area (Å²) >= 11 is 7.23. The van der Waals surface area contributed by atoms with Crippen LogP contribution in [0.1, 0.15) is 35.9 Å². The number of unbranched alkanes of at least 4 members (excludes halogenated alkanes) is 2. The summed E-state index contributed by atoms with van der Waals surface area (Å²) in [5.41, 5.74) is 0.984. The van der Waals surface area contributed by atoms with Gasteiger partial charge < -0.3 is 10.2 Å². The molecule has 1 aliphatic rings. The smallest absolute Gasteiger partial charge is 0.262 e. The highest BCUT2D eigenvalue weighted by Gasteiger charge is 2.32. The standard InChI is InChI=1S/C20H26ClN3O3S2/c1-2-3-4-9-22-20(25)19-18(8-14-28-19)29(26,27)24-12-10-23(11-13-24)17-7-5-6-16(21)15-17/h5-8,14-15H,2-4,9-13H2,1H3,(H,22,25). The molecule has 1 aliphatic heterocycles. The van der Waals surface area contributed by atoms with Gasteiger partial charge >= 0.3 is 0 Å². The molecule has 2 heterocycles. The van der Waals surface area contributed by atoms with Gasteiger partial charge in [0.25, 0.3) is 5.91 Å². The van der Waals surface area contributed by atoms with E-state index in [-0.39, 0.29) is 15.7 Å². The molecule has 1 aromatic heterocycles. The third kappa shape index (κ3) is 5.31. The molecular formula is C20H26ClN3O3S2. The maximum Gasteiger partial charge on any atom is 0.262 e. The van der Waals surface area contributed by atoms with Crippen molar-refractivity contribution in [1.82, 2.24) is 9.62 Å². The predicted molar refractivity (Wildman–Crippen MR) is 119 cm³/mol. The monoisotopic (exact) mass is 455 g/mol. The summed E-state index contributed by atoms with van der Waals surface area (Å²) < 4.78 is 27.8. The second kappa shape index (κ2) is 9.93. The molecule has 6 nitrogen and oxygen atoms in total. The molecular weight excluding hydrogens is 430 g/mol. The molecule has 1 amide bonds. The average Bonchev–Trinajstić information content (AvgIpc) is 3.22. The molecule has 0 spiro atoms. The first-order chi connectivity index (χ1) is 13.9. The zero-order valence-electron chi connectivity index (χ0n) is 16.4. The normalized spacial score (nSPS) is 15.4. The summed E-state index contributed by atoms with van der Waals surface area (Å²) in [6.07, 6.45) is 2.99. The van der Waals surface area contributed by atoms with Crippen LogP contribution >= 0.6 is 22.9 Å². The van der Waals surface area contributed by atoms with Crippen LogP contribution in [0.2, 0.25) is 5.02 Å². The van der Waals surface area contributed by atoms with Gasteiger partial charge in [0.2, 0.25) is 10.0 Å². The van der Waals surface area contributed by atoms with E-state index in [4.69, 9.17) is 11.6 Å². The Bertz CT molecular complexity index is 938. The largest absolute Gasteiger partial charge is 0.369 e. The van der Waals surface area contributed by atoms with Gasteiger partial charge in [0, 0.05) is 43.4 Å². The fraction of sp³-hybridized carbons (Fsp3) is 0.450. The molecule has 0 saturated carbocycles. The van der Waals surface area contributed by atoms with Gasteiger partial charge in [-0.3, -0.25) is 4.79 Å². The van der Waals surface area contributed by atoms with E-state index < -0.39 is 10.0 Å². The number of carbonyl (C=O) groups is 1. The third-order valence-corrected chi connectivity index (χ3v) is 8.15. The minimum Gasteiger partial charge on any atom is -0.369 e. The van der Waals surface area contributed by atoms with Crippen molar-refractivity contribution in [1.29, 1.82) is 0 Å². The molecule has 1 fully saturated rings. The number of amides is 1. The van der Waals surface area contributed by atoms with E-state index >= 15 is 0 Å². The van der Waals surface area contributed by atoms with Crippen molar-refractivity contribution in [2.24, 2.45) is 0 Å². The molecule has 29 heavy (non-hydrogen) atoms. The van der Waals surface area contributed by atoms with Gasteiger partial charge in [-0.1, -0.05) is 37.4 Å². The summed E-state index contributed by atoms with van der Waals surface area (Å²) in [7, 11) is -3.71. The maximum atomic E-state index is 13.2. The summed E-state index contributed by atoms with van der Waals surface area (Å²) in [4.78, 5) is 15.0. The van der Waals surface area contributed by atoms with Gasteiger partial charge in [-0.2, -0.15) is 4.31 Å². The van der Waals surface area contributed by atoms with Crippen LogP contribution in [0.3, 0.4) is 0 Å². The van der Waals surface area contributed by atoms with Crippen LogP contribution < -0.4 is 10.2 Å². The summed E-state index contributed by atoms with van der Waals surface area (Å²) in [6, 6.07) is 9.08. The van der Waals surface area contributed by atoms with E-state index in [1.165, 1.54) is 21.7 Å². The number of sulfonamides is 1. The van der Waals surface area contributed by atoms with Gasteiger partial charge in [0.1, 0.15) is 9.77 Å². The molecule has 0 atom stereocenters. The Kier molecular flexibility index (Phi) is 7.56. The molecule has 2 aromatic rings. The summed E-state index contributed by atoms with van der Waals surface area (Å²) in [6.45, 7) is 4.52. The Hall–Kier alpha value is -1.61. The number of nitrogens with zero attached hydrogens (tertiary/aromatic N) is 2. The van der Waals surface area contributed by atoms with E-state index in [1.807, 2.05) is 24.3 Å². The fourth-order valence-electron chi connectivity index (χ4n) is 3.32. The lowest BCUT2D eigenvalue weighted by Crippen LogP contribution is -2.48. The molecule has 1 N–H and O–H groups in total. The molecule has 0 radical (unpaired) electrons. The van der Waals surface area contributed by atoms with Crippen molar-refractivity contribution < 1.29 is 13.2 Å². The fourth-order valence-corrected chi connectivity index (χ4v) is 6.25. The number of benzene rings is 1. The number of piperazine rings is 1. The highest BCUT2D eigenvalue weighted by molar-refractivity contribution is 7.89. The maximum absolute atomic E-state index is 13.2. The van der Waals surface area contributed by atoms with Crippen LogP contribution in [0.25, 0.3) is 0 Å². The Morgan fingerprint density at radius 3 is 2.62 bits per heavy atom. The number of nitrogens with one attached hydrogen (secondary N) is 1. The number of hydrogen-bond acceptors (Lipinski definition) is 5. The first-order valence-corrected chi connectivity index (χ1v) is 12.5. The Morgan fingerprint density at radius 2 is 1.93 bits per heavy atom. The molecule has 1 saturated heterocycles. The Labute approximate surface area is 181 Å². The molecule has 0 unspecified atom stereocenters. The Morgan fingerprint density at radius 1 is 1.17 bits per heavy atom. The van der Waals surface area contributed by atoms with Crippen molar-refractivity contribution in [3.63, 3.8) is 0 Å². The van der Waals surface area contributed by atoms with Crippen molar-refractivity contribution in [3.05, 3.63) is 45.6 Å². The average molecular weight is 456 g/mol. The SMILES string of the molecule is CCCCCNC(=O)c1sccc1S(=O)(=O)N1CCN(c2cccc(Cl)c2)CC1. The molecule has 9 heteroatoms. The van der Waals surface area contributed by atoms with Crippen molar-refractivity contribution in [3.8, 4) is 0 Å². The van der Waals surface area contributed by atoms with Crippen LogP contribution in [-0.4, -0.2) is 51.4 Å². The molecule has 0 aliphatic carbocycles. The summed E-state index contributed by atoms with van der Waals surface area (Å²) in [5.74, 6) is -0.313. The highest BCUT2D eigenvalue weighted by atomic mass is 35.5. The first kappa shape index (κ1) is 22.1. The molecule has 0 bridgehead atoms. The van der Waals surface area contributed by atoms with Crippen LogP contribution in [0, 0.1) is 0 Å². The van der Waals surface area contributed by atoms with Gasteiger partial charge in [0.15, 0.2) is 0 Å². The van der Waals surface area contributed by atoms with E-state index in [0.29, 0.717) is 37.7 Å². The molecule has 1 aromatic carbocycles. The third-order valence-electron chi connectivity index (χ3n) is 4.93. The minimum absolute atomic E-state index is 0.103. The van der Waals surface area contributed by atoms with Crippen molar-refractivity contribution in [2.45, 2.75) is 31.1 Å². The van der Waals surface area contributed by atoms with Crippen LogP contribution in [0.15, 0.2) is 40.6 Å². The van der Waals surface area contributed by atoms with Crippen LogP contribution in [0.5, 0.6) is 0 Å². The van der Waals surface area contributed by atoms with E-state index in [1.54, 1.807) is 5.38 Å². The lowest BCUT2D eigenvalue weighted by atomic mass is 10.2. The Balaban J connectivity index is 1.66. The van der Waals surface area contributed by atoms with Gasteiger partial charge in [-0.25, -0.2) is 8.42 Å². The van der Waals surface area contributed by atoms with E-state index in [9.17, 15) is 13.2 Å². The van der Waals surface area contributed by atoms with E-state index in [2.05, 4.69) is 17.1 Å². The van der Waals surface area contributed by atoms with Crippen molar-refractivity contribution >= 4 is 44.6 Å². The van der Waals surface area contributed by atoms with Gasteiger partial charge in [0.05, 0.1) is 0 Å². The second-order valence-corrected chi connectivity index (χ2v) is 10.2. The predicted octanol–water partition coefficient (Wildman–Crippen LogP) is 3.83.